The molecule has 11 heavy (non-hydrogen) atoms. The minimum atomic E-state index is -0.0898. The van der Waals surface area contributed by atoms with Crippen LogP contribution in [-0.2, 0) is 5.11 Å². The van der Waals surface area contributed by atoms with Crippen LogP contribution < -0.4 is 0 Å². The number of hydrogen-bond acceptors (Lipinski definition) is 1. The van der Waals surface area contributed by atoms with Crippen molar-refractivity contribution in [2.45, 2.75) is 6.42 Å². The van der Waals surface area contributed by atoms with Gasteiger partial charge in [0.1, 0.15) is 0 Å². The van der Waals surface area contributed by atoms with E-state index in [0.717, 1.165) is 13.1 Å². The minimum Gasteiger partial charge on any atom is -0.326 e. The number of urea groups is 1. The van der Waals surface area contributed by atoms with Gasteiger partial charge in [0, 0.05) is 26.7 Å². The van der Waals surface area contributed by atoms with Gasteiger partial charge in [-0.05, 0) is 6.42 Å². The van der Waals surface area contributed by atoms with E-state index in [2.05, 4.69) is 0 Å². The topological polar surface area (TPSA) is 43.5 Å². The second-order valence-corrected chi connectivity index (χ2v) is 2.75. The average molecular weight is 157 g/mol. The van der Waals surface area contributed by atoms with E-state index in [1.165, 1.54) is 0 Å². The first-order valence-electron chi connectivity index (χ1n) is 3.84. The molecular weight excluding hydrogens is 144 g/mol. The summed E-state index contributed by atoms with van der Waals surface area (Å²) in [6.45, 7) is 2.09. The van der Waals surface area contributed by atoms with Gasteiger partial charge in [-0.2, -0.15) is 0 Å². The first-order chi connectivity index (χ1) is 5.25. The Labute approximate surface area is 66.4 Å². The molecule has 1 aliphatic heterocycles. The fourth-order valence-corrected chi connectivity index (χ4v) is 1.17. The van der Waals surface area contributed by atoms with E-state index < -0.39 is 0 Å². The third kappa shape index (κ3) is 1.83. The number of carbonyl (C=O) groups is 1. The third-order valence-electron chi connectivity index (χ3n) is 1.87. The fraction of sp³-hybridized carbons (Fsp3) is 0.857. The molecule has 0 atom stereocenters. The third-order valence-corrected chi connectivity index (χ3v) is 1.87. The summed E-state index contributed by atoms with van der Waals surface area (Å²) >= 11 is 0. The van der Waals surface area contributed by atoms with Gasteiger partial charge in [0.15, 0.2) is 0 Å². The number of rotatable bonds is 3. The molecule has 63 valence electrons. The van der Waals surface area contributed by atoms with E-state index in [4.69, 9.17) is 0 Å². The van der Waals surface area contributed by atoms with E-state index >= 15 is 0 Å². The molecule has 0 aromatic rings. The SMILES string of the molecule is CN1CCN(CCC[O])C1=O. The largest absolute Gasteiger partial charge is 0.326 e. The molecule has 1 radical (unpaired) electrons. The van der Waals surface area contributed by atoms with Gasteiger partial charge >= 0.3 is 6.03 Å². The molecule has 0 saturated carbocycles. The molecule has 0 aromatic carbocycles. The highest BCUT2D eigenvalue weighted by molar-refractivity contribution is 5.76. The quantitative estimate of drug-likeness (QED) is 0.576. The monoisotopic (exact) mass is 157 g/mol. The average Bonchev–Trinajstić information content (AvgIpc) is 2.31. The zero-order valence-electron chi connectivity index (χ0n) is 6.75. The molecule has 0 unspecified atom stereocenters. The van der Waals surface area contributed by atoms with Crippen molar-refractivity contribution in [3.05, 3.63) is 0 Å². The standard InChI is InChI=1S/C7H13N2O2/c1-8-4-5-9(7(8)11)3-2-6-10/h2-6H2,1H3. The molecule has 1 saturated heterocycles. The molecule has 4 heteroatoms. The van der Waals surface area contributed by atoms with Gasteiger partial charge in [-0.25, -0.2) is 9.90 Å². The van der Waals surface area contributed by atoms with Crippen molar-refractivity contribution in [3.63, 3.8) is 0 Å². The summed E-state index contributed by atoms with van der Waals surface area (Å²) in [5.74, 6) is 0. The van der Waals surface area contributed by atoms with Crippen LogP contribution in [-0.4, -0.2) is 49.1 Å². The van der Waals surface area contributed by atoms with Crippen LogP contribution in [0.4, 0.5) is 4.79 Å². The van der Waals surface area contributed by atoms with Gasteiger partial charge in [-0.15, -0.1) is 0 Å². The van der Waals surface area contributed by atoms with Crippen molar-refractivity contribution < 1.29 is 9.90 Å². The molecule has 1 aliphatic rings. The van der Waals surface area contributed by atoms with Gasteiger partial charge in [-0.1, -0.05) is 0 Å². The van der Waals surface area contributed by atoms with Crippen molar-refractivity contribution in [1.82, 2.24) is 9.80 Å². The predicted octanol–water partition coefficient (Wildman–Crippen LogP) is 0.174. The Kier molecular flexibility index (Phi) is 2.70. The maximum absolute atomic E-state index is 11.2. The van der Waals surface area contributed by atoms with Gasteiger partial charge < -0.3 is 9.80 Å². The van der Waals surface area contributed by atoms with Crippen LogP contribution in [0.25, 0.3) is 0 Å². The Balaban J connectivity index is 2.30. The number of nitrogens with zero attached hydrogens (tertiary/aromatic N) is 2. The summed E-state index contributed by atoms with van der Waals surface area (Å²) in [6, 6.07) is 0.0541. The van der Waals surface area contributed by atoms with Gasteiger partial charge in [0.25, 0.3) is 0 Å². The van der Waals surface area contributed by atoms with Crippen LogP contribution in [0.2, 0.25) is 0 Å². The van der Waals surface area contributed by atoms with E-state index in [1.54, 1.807) is 16.8 Å². The summed E-state index contributed by atoms with van der Waals surface area (Å²) in [7, 11) is 1.78. The highest BCUT2D eigenvalue weighted by atomic mass is 16.3. The number of amides is 2. The Hall–Kier alpha value is -0.770. The van der Waals surface area contributed by atoms with Crippen LogP contribution in [0.15, 0.2) is 0 Å². The van der Waals surface area contributed by atoms with Crippen molar-refractivity contribution in [2.24, 2.45) is 0 Å². The van der Waals surface area contributed by atoms with E-state index in [0.29, 0.717) is 13.0 Å². The number of carbonyl (C=O) groups excluding carboxylic acids is 1. The molecular formula is C7H13N2O2. The molecule has 1 fully saturated rings. The molecule has 2 amide bonds. The summed E-state index contributed by atoms with van der Waals surface area (Å²) in [6.07, 6.45) is 0.569. The molecule has 0 aromatic heterocycles. The normalized spacial score (nSPS) is 18.2. The zero-order valence-corrected chi connectivity index (χ0v) is 6.75. The van der Waals surface area contributed by atoms with Crippen LogP contribution in [0.3, 0.4) is 0 Å². The van der Waals surface area contributed by atoms with Crippen molar-refractivity contribution >= 4 is 6.03 Å². The summed E-state index contributed by atoms with van der Waals surface area (Å²) in [5, 5.41) is 10.1. The molecule has 0 bridgehead atoms. The van der Waals surface area contributed by atoms with Crippen molar-refractivity contribution in [1.29, 1.82) is 0 Å². The maximum Gasteiger partial charge on any atom is 0.319 e. The Morgan fingerprint density at radius 3 is 2.64 bits per heavy atom. The first-order valence-corrected chi connectivity index (χ1v) is 3.84. The lowest BCUT2D eigenvalue weighted by Crippen LogP contribution is -2.30. The van der Waals surface area contributed by atoms with Crippen molar-refractivity contribution in [2.75, 3.05) is 33.3 Å². The summed E-state index contributed by atoms with van der Waals surface area (Å²) in [4.78, 5) is 14.6. The number of hydrogen-bond donors (Lipinski definition) is 0. The lowest BCUT2D eigenvalue weighted by molar-refractivity contribution is 0.168. The van der Waals surface area contributed by atoms with Crippen LogP contribution in [0.5, 0.6) is 0 Å². The second-order valence-electron chi connectivity index (χ2n) is 2.75. The highest BCUT2D eigenvalue weighted by Crippen LogP contribution is 2.05. The van der Waals surface area contributed by atoms with Crippen LogP contribution >= 0.6 is 0 Å². The van der Waals surface area contributed by atoms with Crippen LogP contribution in [0.1, 0.15) is 6.42 Å². The lowest BCUT2D eigenvalue weighted by Gasteiger charge is -2.14. The molecule has 4 nitrogen and oxygen atoms in total. The second kappa shape index (κ2) is 3.57. The van der Waals surface area contributed by atoms with E-state index in [1.807, 2.05) is 0 Å². The number of likely N-dealkylation sites (N-methyl/N-ethyl adjacent to an activating group) is 1. The summed E-state index contributed by atoms with van der Waals surface area (Å²) in [5.41, 5.74) is 0. The Morgan fingerprint density at radius 2 is 2.18 bits per heavy atom. The lowest BCUT2D eigenvalue weighted by atomic mass is 10.4. The van der Waals surface area contributed by atoms with E-state index in [9.17, 15) is 9.90 Å². The first kappa shape index (κ1) is 8.33. The molecule has 1 rings (SSSR count). The van der Waals surface area contributed by atoms with Crippen molar-refractivity contribution in [3.8, 4) is 0 Å². The molecule has 0 N–H and O–H groups in total. The smallest absolute Gasteiger partial charge is 0.319 e. The van der Waals surface area contributed by atoms with E-state index in [-0.39, 0.29) is 12.6 Å². The maximum atomic E-state index is 11.2. The predicted molar refractivity (Wildman–Crippen MR) is 39.8 cm³/mol. The molecule has 0 aliphatic carbocycles. The highest BCUT2D eigenvalue weighted by Gasteiger charge is 2.23. The summed E-state index contributed by atoms with van der Waals surface area (Å²) < 4.78 is 0. The van der Waals surface area contributed by atoms with Gasteiger partial charge in [0.2, 0.25) is 0 Å². The Morgan fingerprint density at radius 1 is 1.45 bits per heavy atom. The zero-order chi connectivity index (χ0) is 8.27. The van der Waals surface area contributed by atoms with Gasteiger partial charge in [0.05, 0.1) is 6.61 Å². The minimum absolute atomic E-state index is 0.0541. The van der Waals surface area contributed by atoms with Gasteiger partial charge in [-0.3, -0.25) is 0 Å². The molecule has 1 heterocycles. The van der Waals surface area contributed by atoms with Crippen LogP contribution in [0, 0.1) is 0 Å². The fourth-order valence-electron chi connectivity index (χ4n) is 1.17. The Bertz CT molecular complexity index is 149. The molecule has 0 spiro atoms.